The van der Waals surface area contributed by atoms with Crippen molar-refractivity contribution in [1.82, 2.24) is 4.90 Å². The van der Waals surface area contributed by atoms with Crippen molar-refractivity contribution in [3.8, 4) is 0 Å². The van der Waals surface area contributed by atoms with E-state index in [2.05, 4.69) is 5.32 Å². The molecule has 3 atom stereocenters. The smallest absolute Gasteiger partial charge is 0.382 e. The van der Waals surface area contributed by atoms with E-state index in [9.17, 15) is 27.6 Å². The van der Waals surface area contributed by atoms with Crippen LogP contribution in [0.1, 0.15) is 43.7 Å². The average Bonchev–Trinajstić information content (AvgIpc) is 3.03. The van der Waals surface area contributed by atoms with E-state index in [0.29, 0.717) is 42.0 Å². The Bertz CT molecular complexity index is 1260. The van der Waals surface area contributed by atoms with Gasteiger partial charge >= 0.3 is 6.18 Å². The monoisotopic (exact) mass is 512 g/mol. The first-order valence-corrected chi connectivity index (χ1v) is 12.5. The van der Waals surface area contributed by atoms with Crippen LogP contribution in [0.3, 0.4) is 0 Å². The minimum atomic E-state index is -4.46. The third-order valence-electron chi connectivity index (χ3n) is 7.18. The van der Waals surface area contributed by atoms with E-state index in [0.717, 1.165) is 10.6 Å². The molecule has 10 heteroatoms. The van der Waals surface area contributed by atoms with Gasteiger partial charge in [-0.1, -0.05) is 55.8 Å². The van der Waals surface area contributed by atoms with Gasteiger partial charge in [-0.2, -0.15) is 13.2 Å². The number of nitrogens with one attached hydrogen (secondary N) is 1. The molecule has 5 rings (SSSR count). The van der Waals surface area contributed by atoms with Gasteiger partial charge in [-0.05, 0) is 18.9 Å². The van der Waals surface area contributed by atoms with Gasteiger partial charge in [0.25, 0.3) is 5.91 Å². The van der Waals surface area contributed by atoms with Crippen molar-refractivity contribution in [2.45, 2.75) is 44.9 Å². The lowest BCUT2D eigenvalue weighted by Gasteiger charge is -2.33. The van der Waals surface area contributed by atoms with Crippen LogP contribution in [0.5, 0.6) is 0 Å². The quantitative estimate of drug-likeness (QED) is 0.583. The molecule has 1 N–H and O–H groups in total. The Labute approximate surface area is 212 Å². The predicted molar refractivity (Wildman–Crippen MR) is 132 cm³/mol. The summed E-state index contributed by atoms with van der Waals surface area (Å²) in [6.07, 6.45) is -6.84. The number of hydrogen-bond acceptors (Lipinski definition) is 5. The molecule has 1 saturated heterocycles. The second-order valence-electron chi connectivity index (χ2n) is 9.54. The number of aliphatic imine (C=N–C) groups is 1. The first-order valence-electron chi connectivity index (χ1n) is 12.5. The number of alkyl halides is 3. The highest BCUT2D eigenvalue weighted by atomic mass is 19.4. The molecular formula is C27H27F3N4O3. The highest BCUT2D eigenvalue weighted by molar-refractivity contribution is 6.23. The Morgan fingerprint density at radius 2 is 1.65 bits per heavy atom. The van der Waals surface area contributed by atoms with Gasteiger partial charge in [-0.3, -0.25) is 14.4 Å². The SMILES string of the molecule is CCC[C@@H]1C(=O)N([C@@H]2N=C(c3ccccc3)c3cccc4c3N(CCN4)C2=O)C(=O)[C@@H]1CCC(F)(F)F. The molecule has 3 heterocycles. The standard InChI is InChI=1S/C27H27F3N4O3/c1-2-7-17-18(12-13-27(28,29)30)25(36)34(24(17)35)23-26(37)33-15-14-31-20-11-6-10-19(22(20)33)21(32-23)16-8-4-3-5-9-16/h3-6,8-11,17-18,23,31H,2,7,12-15H2,1H3/t17-,18+,23-/m0/s1. The molecule has 3 aliphatic heterocycles. The van der Waals surface area contributed by atoms with Crippen molar-refractivity contribution in [3.05, 3.63) is 59.7 Å². The average molecular weight is 513 g/mol. The zero-order valence-corrected chi connectivity index (χ0v) is 20.3. The van der Waals surface area contributed by atoms with Crippen molar-refractivity contribution in [2.75, 3.05) is 23.3 Å². The van der Waals surface area contributed by atoms with Crippen molar-refractivity contribution in [3.63, 3.8) is 0 Å². The molecule has 0 aliphatic carbocycles. The first kappa shape index (κ1) is 25.0. The summed E-state index contributed by atoms with van der Waals surface area (Å²) in [7, 11) is 0. The molecule has 0 unspecified atom stereocenters. The van der Waals surface area contributed by atoms with Crippen molar-refractivity contribution >= 4 is 34.8 Å². The topological polar surface area (TPSA) is 82.1 Å². The van der Waals surface area contributed by atoms with Crippen LogP contribution in [-0.2, 0) is 14.4 Å². The lowest BCUT2D eigenvalue weighted by molar-refractivity contribution is -0.148. The Morgan fingerprint density at radius 3 is 2.32 bits per heavy atom. The Morgan fingerprint density at radius 1 is 0.946 bits per heavy atom. The van der Waals surface area contributed by atoms with Crippen molar-refractivity contribution in [1.29, 1.82) is 0 Å². The molecular weight excluding hydrogens is 485 g/mol. The number of imide groups is 1. The van der Waals surface area contributed by atoms with E-state index >= 15 is 0 Å². The maximum Gasteiger partial charge on any atom is 0.389 e. The molecule has 0 saturated carbocycles. The second kappa shape index (κ2) is 9.64. The van der Waals surface area contributed by atoms with Gasteiger partial charge in [0.05, 0.1) is 28.9 Å². The van der Waals surface area contributed by atoms with Gasteiger partial charge < -0.3 is 10.2 Å². The summed E-state index contributed by atoms with van der Waals surface area (Å²) in [6, 6.07) is 14.6. The van der Waals surface area contributed by atoms with Crippen LogP contribution >= 0.6 is 0 Å². The van der Waals surface area contributed by atoms with Crippen LogP contribution in [0.4, 0.5) is 24.5 Å². The van der Waals surface area contributed by atoms with Gasteiger partial charge in [0.2, 0.25) is 18.0 Å². The molecule has 7 nitrogen and oxygen atoms in total. The molecule has 0 spiro atoms. The fourth-order valence-corrected chi connectivity index (χ4v) is 5.51. The lowest BCUT2D eigenvalue weighted by atomic mass is 9.87. The molecule has 0 bridgehead atoms. The summed E-state index contributed by atoms with van der Waals surface area (Å²) < 4.78 is 39.1. The third kappa shape index (κ3) is 4.49. The highest BCUT2D eigenvalue weighted by Gasteiger charge is 2.53. The summed E-state index contributed by atoms with van der Waals surface area (Å²) in [5.74, 6) is -3.98. The first-order chi connectivity index (χ1) is 17.7. The van der Waals surface area contributed by atoms with E-state index < -0.39 is 54.7 Å². The number of rotatable bonds is 6. The molecule has 2 aromatic rings. The maximum atomic E-state index is 13.9. The predicted octanol–water partition coefficient (Wildman–Crippen LogP) is 4.37. The molecule has 194 valence electrons. The van der Waals surface area contributed by atoms with Crippen LogP contribution in [0, 0.1) is 11.8 Å². The van der Waals surface area contributed by atoms with Crippen molar-refractivity contribution in [2.24, 2.45) is 16.8 Å². The van der Waals surface area contributed by atoms with Crippen LogP contribution in [0.2, 0.25) is 0 Å². The Hall–Kier alpha value is -3.69. The number of amides is 3. The van der Waals surface area contributed by atoms with Gasteiger partial charge in [0, 0.05) is 30.6 Å². The van der Waals surface area contributed by atoms with E-state index in [1.165, 1.54) is 4.90 Å². The van der Waals surface area contributed by atoms with Crippen molar-refractivity contribution < 1.29 is 27.6 Å². The molecule has 2 aromatic carbocycles. The molecule has 3 amide bonds. The van der Waals surface area contributed by atoms with Gasteiger partial charge in [0.15, 0.2) is 0 Å². The number of carbonyl (C=O) groups excluding carboxylic acids is 3. The summed E-state index contributed by atoms with van der Waals surface area (Å²) in [5.41, 5.74) is 3.14. The van der Waals surface area contributed by atoms with Crippen LogP contribution < -0.4 is 10.2 Å². The van der Waals surface area contributed by atoms with Gasteiger partial charge in [0.1, 0.15) is 0 Å². The number of nitrogens with zero attached hydrogens (tertiary/aromatic N) is 3. The van der Waals surface area contributed by atoms with Crippen LogP contribution in [0.15, 0.2) is 53.5 Å². The number of para-hydroxylation sites is 1. The molecule has 0 aromatic heterocycles. The van der Waals surface area contributed by atoms with Crippen LogP contribution in [-0.4, -0.2) is 53.8 Å². The number of benzene rings is 2. The number of hydrogen-bond donors (Lipinski definition) is 1. The molecule has 37 heavy (non-hydrogen) atoms. The highest BCUT2D eigenvalue weighted by Crippen LogP contribution is 2.41. The molecule has 0 radical (unpaired) electrons. The summed E-state index contributed by atoms with van der Waals surface area (Å²) in [4.78, 5) is 48.1. The van der Waals surface area contributed by atoms with E-state index in [4.69, 9.17) is 4.99 Å². The minimum absolute atomic E-state index is 0.262. The van der Waals surface area contributed by atoms with Gasteiger partial charge in [-0.25, -0.2) is 9.89 Å². The van der Waals surface area contributed by atoms with E-state index in [1.807, 2.05) is 55.5 Å². The number of carbonyl (C=O) groups is 3. The molecule has 3 aliphatic rings. The third-order valence-corrected chi connectivity index (χ3v) is 7.18. The summed E-state index contributed by atoms with van der Waals surface area (Å²) in [5, 5.41) is 3.28. The number of likely N-dealkylation sites (tertiary alicyclic amines) is 1. The number of anilines is 2. The van der Waals surface area contributed by atoms with Crippen LogP contribution in [0.25, 0.3) is 0 Å². The van der Waals surface area contributed by atoms with E-state index in [-0.39, 0.29) is 6.42 Å². The fourth-order valence-electron chi connectivity index (χ4n) is 5.51. The Kier molecular flexibility index (Phi) is 6.51. The summed E-state index contributed by atoms with van der Waals surface area (Å²) in [6.45, 7) is 2.57. The number of halogens is 3. The second-order valence-corrected chi connectivity index (χ2v) is 9.54. The zero-order valence-electron chi connectivity index (χ0n) is 20.3. The lowest BCUT2D eigenvalue weighted by Crippen LogP contribution is -2.52. The largest absolute Gasteiger partial charge is 0.389 e. The maximum absolute atomic E-state index is 13.9. The zero-order chi connectivity index (χ0) is 26.3. The summed E-state index contributed by atoms with van der Waals surface area (Å²) >= 11 is 0. The minimum Gasteiger partial charge on any atom is -0.382 e. The van der Waals surface area contributed by atoms with E-state index in [1.54, 1.807) is 0 Å². The van der Waals surface area contributed by atoms with Gasteiger partial charge in [-0.15, -0.1) is 0 Å². The Balaban J connectivity index is 1.62. The fraction of sp³-hybridized carbons (Fsp3) is 0.407. The normalized spacial score (nSPS) is 23.5. The molecule has 1 fully saturated rings.